The quantitative estimate of drug-likeness (QED) is 0.852. The van der Waals surface area contributed by atoms with Crippen LogP contribution in [0.3, 0.4) is 0 Å². The van der Waals surface area contributed by atoms with E-state index in [4.69, 9.17) is 0 Å². The lowest BCUT2D eigenvalue weighted by molar-refractivity contribution is -0.131. The van der Waals surface area contributed by atoms with Crippen LogP contribution in [0.2, 0.25) is 0 Å². The zero-order valence-electron chi connectivity index (χ0n) is 13.4. The molecule has 0 bridgehead atoms. The van der Waals surface area contributed by atoms with Gasteiger partial charge in [0.2, 0.25) is 5.91 Å². The van der Waals surface area contributed by atoms with Gasteiger partial charge in [0, 0.05) is 56.7 Å². The molecule has 8 heteroatoms. The molecule has 0 spiro atoms. The van der Waals surface area contributed by atoms with Gasteiger partial charge < -0.3 is 15.1 Å². The lowest BCUT2D eigenvalue weighted by Gasteiger charge is -2.37. The lowest BCUT2D eigenvalue weighted by atomic mass is 10.2. The summed E-state index contributed by atoms with van der Waals surface area (Å²) in [5.41, 5.74) is 0.639. The zero-order chi connectivity index (χ0) is 15.4. The second kappa shape index (κ2) is 10.3. The highest BCUT2D eigenvalue weighted by atomic mass is 35.5. The number of rotatable bonds is 3. The van der Waals surface area contributed by atoms with Crippen molar-refractivity contribution in [3.05, 3.63) is 30.1 Å². The Labute approximate surface area is 159 Å². The van der Waals surface area contributed by atoms with Gasteiger partial charge >= 0.3 is 0 Å². The van der Waals surface area contributed by atoms with Crippen LogP contribution < -0.4 is 10.2 Å². The second-order valence-corrected chi connectivity index (χ2v) is 6.90. The van der Waals surface area contributed by atoms with Crippen molar-refractivity contribution in [3.8, 4) is 0 Å². The number of nitrogens with zero attached hydrogens (tertiary/aromatic N) is 2. The Morgan fingerprint density at radius 3 is 2.54 bits per heavy atom. The predicted molar refractivity (Wildman–Crippen MR) is 103 cm³/mol. The minimum atomic E-state index is -0.189. The van der Waals surface area contributed by atoms with Crippen molar-refractivity contribution in [2.24, 2.45) is 0 Å². The Morgan fingerprint density at radius 1 is 1.21 bits per heavy atom. The van der Waals surface area contributed by atoms with Crippen LogP contribution in [0.1, 0.15) is 6.42 Å². The van der Waals surface area contributed by atoms with Crippen LogP contribution in [0.15, 0.2) is 24.3 Å². The number of hydrogen-bond acceptors (Lipinski definition) is 4. The fourth-order valence-corrected chi connectivity index (χ4v) is 3.94. The van der Waals surface area contributed by atoms with Gasteiger partial charge in [-0.05, 0) is 12.1 Å². The number of anilines is 1. The minimum absolute atomic E-state index is 0. The average Bonchev–Trinajstić information content (AvgIpc) is 2.56. The maximum atomic E-state index is 13.8. The van der Waals surface area contributed by atoms with Gasteiger partial charge in [0.1, 0.15) is 5.82 Å². The van der Waals surface area contributed by atoms with Crippen molar-refractivity contribution in [2.75, 3.05) is 49.1 Å². The molecule has 1 amide bonds. The molecule has 1 N–H and O–H groups in total. The number of para-hydroxylation sites is 1. The first kappa shape index (κ1) is 21.4. The van der Waals surface area contributed by atoms with E-state index >= 15 is 0 Å². The number of benzene rings is 1. The molecule has 2 aliphatic heterocycles. The first-order valence-electron chi connectivity index (χ1n) is 7.82. The molecule has 4 nitrogen and oxygen atoms in total. The van der Waals surface area contributed by atoms with Gasteiger partial charge in [0.05, 0.1) is 5.69 Å². The Morgan fingerprint density at radius 2 is 1.92 bits per heavy atom. The van der Waals surface area contributed by atoms with E-state index in [0.717, 1.165) is 18.1 Å². The third-order valence-corrected chi connectivity index (χ3v) is 5.38. The number of thioether (sulfide) groups is 1. The largest absolute Gasteiger partial charge is 0.366 e. The number of halogens is 3. The highest BCUT2D eigenvalue weighted by Gasteiger charge is 2.25. The molecule has 1 aromatic carbocycles. The van der Waals surface area contributed by atoms with E-state index in [1.165, 1.54) is 6.07 Å². The number of piperazine rings is 1. The maximum Gasteiger partial charge on any atom is 0.224 e. The first-order chi connectivity index (χ1) is 10.7. The monoisotopic (exact) mass is 395 g/mol. The summed E-state index contributed by atoms with van der Waals surface area (Å²) in [6.07, 6.45) is 0.576. The van der Waals surface area contributed by atoms with Crippen molar-refractivity contribution in [3.63, 3.8) is 0 Å². The molecule has 1 atom stereocenters. The molecule has 136 valence electrons. The molecule has 2 aliphatic rings. The van der Waals surface area contributed by atoms with Gasteiger partial charge in [-0.2, -0.15) is 11.8 Å². The van der Waals surface area contributed by atoms with Crippen LogP contribution >= 0.6 is 36.6 Å². The average molecular weight is 396 g/mol. The van der Waals surface area contributed by atoms with Gasteiger partial charge in [0.25, 0.3) is 0 Å². The van der Waals surface area contributed by atoms with E-state index < -0.39 is 0 Å². The molecule has 0 saturated carbocycles. The summed E-state index contributed by atoms with van der Waals surface area (Å²) in [5.74, 6) is 2.17. The van der Waals surface area contributed by atoms with Gasteiger partial charge in [-0.1, -0.05) is 12.1 Å². The third kappa shape index (κ3) is 5.41. The highest BCUT2D eigenvalue weighted by Crippen LogP contribution is 2.20. The third-order valence-electron chi connectivity index (χ3n) is 4.24. The van der Waals surface area contributed by atoms with Crippen molar-refractivity contribution in [2.45, 2.75) is 12.5 Å². The summed E-state index contributed by atoms with van der Waals surface area (Å²) >= 11 is 1.91. The van der Waals surface area contributed by atoms with Crippen molar-refractivity contribution < 1.29 is 9.18 Å². The molecular weight excluding hydrogens is 372 g/mol. The van der Waals surface area contributed by atoms with E-state index in [1.54, 1.807) is 12.1 Å². The molecule has 0 aliphatic carbocycles. The molecule has 0 aromatic heterocycles. The SMILES string of the molecule is Cl.Cl.O=C(CC1CSCCN1)N1CCN(c2ccccc2F)CC1. The van der Waals surface area contributed by atoms with Crippen molar-refractivity contribution >= 4 is 48.2 Å². The second-order valence-electron chi connectivity index (χ2n) is 5.75. The van der Waals surface area contributed by atoms with Crippen LogP contribution in [0.5, 0.6) is 0 Å². The van der Waals surface area contributed by atoms with E-state index in [1.807, 2.05) is 27.6 Å². The van der Waals surface area contributed by atoms with Gasteiger partial charge in [-0.15, -0.1) is 24.8 Å². The minimum Gasteiger partial charge on any atom is -0.366 e. The molecule has 3 rings (SSSR count). The highest BCUT2D eigenvalue weighted by molar-refractivity contribution is 7.99. The molecule has 2 heterocycles. The van der Waals surface area contributed by atoms with E-state index in [2.05, 4.69) is 5.32 Å². The number of hydrogen-bond donors (Lipinski definition) is 1. The molecule has 24 heavy (non-hydrogen) atoms. The van der Waals surface area contributed by atoms with E-state index in [0.29, 0.717) is 44.3 Å². The summed E-state index contributed by atoms with van der Waals surface area (Å²) in [7, 11) is 0. The van der Waals surface area contributed by atoms with Gasteiger partial charge in [0.15, 0.2) is 0 Å². The van der Waals surface area contributed by atoms with Crippen molar-refractivity contribution in [1.29, 1.82) is 0 Å². The molecule has 2 fully saturated rings. The van der Waals surface area contributed by atoms with Crippen LogP contribution in [-0.4, -0.2) is 61.1 Å². The molecule has 1 unspecified atom stereocenters. The maximum absolute atomic E-state index is 13.8. The fourth-order valence-electron chi connectivity index (χ4n) is 3.00. The molecule has 0 radical (unpaired) electrons. The summed E-state index contributed by atoms with van der Waals surface area (Å²) in [4.78, 5) is 16.3. The van der Waals surface area contributed by atoms with Crippen LogP contribution in [-0.2, 0) is 4.79 Å². The lowest BCUT2D eigenvalue weighted by Crippen LogP contribution is -2.51. The Hall–Kier alpha value is -0.690. The van der Waals surface area contributed by atoms with E-state index in [-0.39, 0.29) is 36.5 Å². The van der Waals surface area contributed by atoms with Crippen LogP contribution in [0, 0.1) is 5.82 Å². The van der Waals surface area contributed by atoms with Gasteiger partial charge in [-0.25, -0.2) is 4.39 Å². The molecular formula is C16H24Cl2FN3OS. The Balaban J connectivity index is 0.00000144. The van der Waals surface area contributed by atoms with Crippen molar-refractivity contribution in [1.82, 2.24) is 10.2 Å². The summed E-state index contributed by atoms with van der Waals surface area (Å²) in [5, 5.41) is 3.40. The summed E-state index contributed by atoms with van der Waals surface area (Å²) in [6.45, 7) is 3.72. The summed E-state index contributed by atoms with van der Waals surface area (Å²) < 4.78 is 13.8. The Kier molecular flexibility index (Phi) is 9.19. The predicted octanol–water partition coefficient (Wildman–Crippen LogP) is 2.41. The summed E-state index contributed by atoms with van der Waals surface area (Å²) in [6, 6.07) is 7.14. The standard InChI is InChI=1S/C16H22FN3OS.2ClH/c17-14-3-1-2-4-15(14)19-6-8-20(9-7-19)16(21)11-13-12-22-10-5-18-13;;/h1-4,13,18H,5-12H2;2*1H. The van der Waals surface area contributed by atoms with Crippen LogP contribution in [0.4, 0.5) is 10.1 Å². The van der Waals surface area contributed by atoms with E-state index in [9.17, 15) is 9.18 Å². The number of amides is 1. The normalized spacial score (nSPS) is 20.8. The fraction of sp³-hybridized carbons (Fsp3) is 0.562. The van der Waals surface area contributed by atoms with Gasteiger partial charge in [-0.3, -0.25) is 4.79 Å². The Bertz CT molecular complexity index is 524. The molecule has 1 aromatic rings. The molecule has 2 saturated heterocycles. The van der Waals surface area contributed by atoms with Crippen LogP contribution in [0.25, 0.3) is 0 Å². The number of nitrogens with one attached hydrogen (secondary N) is 1. The first-order valence-corrected chi connectivity index (χ1v) is 8.98. The zero-order valence-corrected chi connectivity index (χ0v) is 15.9. The number of carbonyl (C=O) groups is 1. The number of carbonyl (C=O) groups excluding carboxylic acids is 1. The smallest absolute Gasteiger partial charge is 0.224 e. The topological polar surface area (TPSA) is 35.6 Å².